The second-order valence-corrected chi connectivity index (χ2v) is 3.69. The van der Waals surface area contributed by atoms with Crippen molar-refractivity contribution >= 4 is 11.6 Å². The Balaban J connectivity index is 2.28. The van der Waals surface area contributed by atoms with Crippen molar-refractivity contribution in [3.8, 4) is 6.07 Å². The first-order valence-corrected chi connectivity index (χ1v) is 5.17. The Kier molecular flexibility index (Phi) is 3.11. The quantitative estimate of drug-likeness (QED) is 0.883. The van der Waals surface area contributed by atoms with Crippen LogP contribution in [-0.4, -0.2) is 5.91 Å². The minimum absolute atomic E-state index is 0.0626. The summed E-state index contributed by atoms with van der Waals surface area (Å²) in [6.45, 7) is 1.73. The molecule has 0 saturated carbocycles. The molecule has 1 heterocycles. The highest BCUT2D eigenvalue weighted by molar-refractivity contribution is 6.03. The summed E-state index contributed by atoms with van der Waals surface area (Å²) in [5.41, 5.74) is 1.00. The number of halogens is 1. The van der Waals surface area contributed by atoms with E-state index in [2.05, 4.69) is 5.32 Å². The third-order valence-corrected chi connectivity index (χ3v) is 2.42. The molecule has 0 atom stereocenters. The summed E-state index contributed by atoms with van der Waals surface area (Å²) in [6.07, 6.45) is 1.40. The molecule has 1 aromatic heterocycles. The van der Waals surface area contributed by atoms with Crippen LogP contribution >= 0.6 is 0 Å². The Morgan fingerprint density at radius 1 is 1.44 bits per heavy atom. The number of benzene rings is 1. The molecule has 1 N–H and O–H groups in total. The fraction of sp³-hybridized carbons (Fsp3) is 0.0769. The van der Waals surface area contributed by atoms with E-state index >= 15 is 0 Å². The molecule has 0 saturated heterocycles. The molecular weight excluding hydrogens is 235 g/mol. The molecule has 0 aliphatic carbocycles. The molecule has 5 heteroatoms. The van der Waals surface area contributed by atoms with Gasteiger partial charge >= 0.3 is 0 Å². The minimum Gasteiger partial charge on any atom is -0.459 e. The second kappa shape index (κ2) is 4.72. The summed E-state index contributed by atoms with van der Waals surface area (Å²) < 4.78 is 18.0. The number of nitrogens with zero attached hydrogens (tertiary/aromatic N) is 1. The monoisotopic (exact) mass is 244 g/mol. The number of nitriles is 1. The van der Waals surface area contributed by atoms with Gasteiger partial charge in [0.2, 0.25) is 0 Å². The van der Waals surface area contributed by atoms with Crippen LogP contribution < -0.4 is 5.32 Å². The van der Waals surface area contributed by atoms with Crippen LogP contribution in [0.2, 0.25) is 0 Å². The fourth-order valence-corrected chi connectivity index (χ4v) is 1.50. The summed E-state index contributed by atoms with van der Waals surface area (Å²) in [6, 6.07) is 7.04. The van der Waals surface area contributed by atoms with E-state index in [9.17, 15) is 9.18 Å². The molecule has 0 bridgehead atoms. The van der Waals surface area contributed by atoms with Crippen molar-refractivity contribution in [3.05, 3.63) is 53.2 Å². The number of amides is 1. The lowest BCUT2D eigenvalue weighted by Crippen LogP contribution is -2.13. The van der Waals surface area contributed by atoms with Crippen molar-refractivity contribution in [2.75, 3.05) is 5.32 Å². The van der Waals surface area contributed by atoms with Crippen LogP contribution in [0.25, 0.3) is 0 Å². The van der Waals surface area contributed by atoms with Crippen LogP contribution in [0.5, 0.6) is 0 Å². The predicted molar refractivity (Wildman–Crippen MR) is 62.5 cm³/mol. The summed E-state index contributed by atoms with van der Waals surface area (Å²) in [4.78, 5) is 11.8. The van der Waals surface area contributed by atoms with E-state index in [1.54, 1.807) is 13.0 Å². The van der Waals surface area contributed by atoms with Crippen molar-refractivity contribution in [3.63, 3.8) is 0 Å². The third kappa shape index (κ3) is 2.23. The van der Waals surface area contributed by atoms with Gasteiger partial charge in [-0.15, -0.1) is 0 Å². The topological polar surface area (TPSA) is 66.0 Å². The molecule has 2 rings (SSSR count). The number of nitrogens with one attached hydrogen (secondary N) is 1. The van der Waals surface area contributed by atoms with Crippen LogP contribution in [0.3, 0.4) is 0 Å². The molecular formula is C13H9FN2O2. The highest BCUT2D eigenvalue weighted by atomic mass is 19.1. The number of anilines is 1. The van der Waals surface area contributed by atoms with E-state index in [0.717, 1.165) is 6.07 Å². The molecule has 0 unspecified atom stereocenters. The normalized spacial score (nSPS) is 9.83. The number of carbonyl (C=O) groups is 1. The average molecular weight is 244 g/mol. The molecule has 0 spiro atoms. The van der Waals surface area contributed by atoms with Gasteiger partial charge in [0.1, 0.15) is 11.9 Å². The second-order valence-electron chi connectivity index (χ2n) is 3.69. The Hall–Kier alpha value is -2.61. The van der Waals surface area contributed by atoms with E-state index in [-0.39, 0.29) is 17.0 Å². The number of furan rings is 1. The Bertz CT molecular complexity index is 641. The van der Waals surface area contributed by atoms with Crippen LogP contribution in [0.4, 0.5) is 10.1 Å². The SMILES string of the molecule is Cc1ccoc1C(=O)Nc1ccc(F)cc1C#N. The smallest absolute Gasteiger partial charge is 0.291 e. The van der Waals surface area contributed by atoms with Gasteiger partial charge in [0, 0.05) is 5.56 Å². The maximum Gasteiger partial charge on any atom is 0.291 e. The van der Waals surface area contributed by atoms with Gasteiger partial charge in [-0.05, 0) is 31.2 Å². The van der Waals surface area contributed by atoms with E-state index in [0.29, 0.717) is 5.56 Å². The van der Waals surface area contributed by atoms with Gasteiger partial charge in [-0.25, -0.2) is 4.39 Å². The summed E-state index contributed by atoms with van der Waals surface area (Å²) in [5.74, 6) is -0.831. The van der Waals surface area contributed by atoms with Gasteiger partial charge in [-0.2, -0.15) is 5.26 Å². The highest BCUT2D eigenvalue weighted by Gasteiger charge is 2.14. The van der Waals surface area contributed by atoms with Crippen molar-refractivity contribution < 1.29 is 13.6 Å². The van der Waals surface area contributed by atoms with E-state index in [1.165, 1.54) is 18.4 Å². The van der Waals surface area contributed by atoms with Crippen LogP contribution in [-0.2, 0) is 0 Å². The van der Waals surface area contributed by atoms with E-state index in [1.807, 2.05) is 6.07 Å². The van der Waals surface area contributed by atoms with Gasteiger partial charge in [-0.3, -0.25) is 4.79 Å². The molecule has 0 radical (unpaired) electrons. The first-order chi connectivity index (χ1) is 8.61. The molecule has 2 aromatic rings. The number of rotatable bonds is 2. The standard InChI is InChI=1S/C13H9FN2O2/c1-8-4-5-18-12(8)13(17)16-11-3-2-10(14)6-9(11)7-15/h2-6H,1H3,(H,16,17). The largest absolute Gasteiger partial charge is 0.459 e. The molecule has 1 amide bonds. The van der Waals surface area contributed by atoms with Crippen molar-refractivity contribution in [1.29, 1.82) is 5.26 Å². The zero-order chi connectivity index (χ0) is 13.1. The molecule has 4 nitrogen and oxygen atoms in total. The number of aryl methyl sites for hydroxylation is 1. The van der Waals surface area contributed by atoms with Crippen molar-refractivity contribution in [2.24, 2.45) is 0 Å². The van der Waals surface area contributed by atoms with Gasteiger partial charge < -0.3 is 9.73 Å². The molecule has 18 heavy (non-hydrogen) atoms. The van der Waals surface area contributed by atoms with Gasteiger partial charge in [0.15, 0.2) is 5.76 Å². The lowest BCUT2D eigenvalue weighted by molar-refractivity contribution is 0.0996. The van der Waals surface area contributed by atoms with Crippen LogP contribution in [0.1, 0.15) is 21.7 Å². The molecule has 90 valence electrons. The fourth-order valence-electron chi connectivity index (χ4n) is 1.50. The minimum atomic E-state index is -0.529. The predicted octanol–water partition coefficient (Wildman–Crippen LogP) is 2.85. The Morgan fingerprint density at radius 3 is 2.83 bits per heavy atom. The van der Waals surface area contributed by atoms with Gasteiger partial charge in [0.25, 0.3) is 5.91 Å². The molecule has 0 fully saturated rings. The summed E-state index contributed by atoms with van der Waals surface area (Å²) in [7, 11) is 0. The van der Waals surface area contributed by atoms with Crippen molar-refractivity contribution in [1.82, 2.24) is 0 Å². The van der Waals surface area contributed by atoms with Gasteiger partial charge in [0.05, 0.1) is 17.5 Å². The average Bonchev–Trinajstić information content (AvgIpc) is 2.77. The molecule has 0 aliphatic rings. The van der Waals surface area contributed by atoms with Crippen LogP contribution in [0.15, 0.2) is 34.9 Å². The summed E-state index contributed by atoms with van der Waals surface area (Å²) in [5, 5.41) is 11.4. The number of hydrogen-bond acceptors (Lipinski definition) is 3. The number of carbonyl (C=O) groups excluding carboxylic acids is 1. The lowest BCUT2D eigenvalue weighted by atomic mass is 10.2. The first kappa shape index (κ1) is 11.9. The lowest BCUT2D eigenvalue weighted by Gasteiger charge is -2.05. The van der Waals surface area contributed by atoms with Crippen LogP contribution in [0, 0.1) is 24.1 Å². The zero-order valence-electron chi connectivity index (χ0n) is 9.53. The maximum atomic E-state index is 12.9. The zero-order valence-corrected chi connectivity index (χ0v) is 9.53. The molecule has 1 aromatic carbocycles. The summed E-state index contributed by atoms with van der Waals surface area (Å²) >= 11 is 0. The van der Waals surface area contributed by atoms with Crippen molar-refractivity contribution in [2.45, 2.75) is 6.92 Å². The Labute approximate surface area is 103 Å². The van der Waals surface area contributed by atoms with E-state index in [4.69, 9.17) is 9.68 Å². The third-order valence-electron chi connectivity index (χ3n) is 2.42. The number of hydrogen-bond donors (Lipinski definition) is 1. The van der Waals surface area contributed by atoms with Gasteiger partial charge in [-0.1, -0.05) is 0 Å². The maximum absolute atomic E-state index is 12.9. The Morgan fingerprint density at radius 2 is 2.22 bits per heavy atom. The highest BCUT2D eigenvalue weighted by Crippen LogP contribution is 2.18. The molecule has 0 aliphatic heterocycles. The van der Waals surface area contributed by atoms with E-state index < -0.39 is 11.7 Å². The first-order valence-electron chi connectivity index (χ1n) is 5.17.